The summed E-state index contributed by atoms with van der Waals surface area (Å²) in [7, 11) is 1.64. The Hall–Kier alpha value is -1.92. The Kier molecular flexibility index (Phi) is 3.55. The first-order valence-electron chi connectivity index (χ1n) is 6.34. The maximum absolute atomic E-state index is 12.2. The van der Waals surface area contributed by atoms with E-state index in [1.807, 2.05) is 6.92 Å². The van der Waals surface area contributed by atoms with Gasteiger partial charge in [0.15, 0.2) is 5.82 Å². The van der Waals surface area contributed by atoms with Crippen LogP contribution in [-0.4, -0.2) is 50.9 Å². The Morgan fingerprint density at radius 1 is 1.21 bits per heavy atom. The van der Waals surface area contributed by atoms with Crippen LogP contribution in [0, 0.1) is 0 Å². The molecule has 1 aromatic rings. The van der Waals surface area contributed by atoms with E-state index in [0.717, 1.165) is 0 Å². The second-order valence-corrected chi connectivity index (χ2v) is 4.73. The number of carbonyl (C=O) groups excluding carboxylic acids is 2. The van der Waals surface area contributed by atoms with Crippen molar-refractivity contribution >= 4 is 11.8 Å². The van der Waals surface area contributed by atoms with Gasteiger partial charge >= 0.3 is 0 Å². The van der Waals surface area contributed by atoms with Crippen molar-refractivity contribution in [2.75, 3.05) is 7.05 Å². The summed E-state index contributed by atoms with van der Waals surface area (Å²) in [5.41, 5.74) is 0. The molecule has 1 aliphatic rings. The number of hydrogen-bond donors (Lipinski definition) is 0. The molecule has 104 valence electrons. The molecule has 2 rings (SSSR count). The van der Waals surface area contributed by atoms with Crippen molar-refractivity contribution < 1.29 is 14.1 Å². The quantitative estimate of drug-likeness (QED) is 0.781. The Morgan fingerprint density at radius 3 is 2.47 bits per heavy atom. The number of nitrogens with zero attached hydrogens (tertiary/aromatic N) is 4. The monoisotopic (exact) mass is 266 g/mol. The summed E-state index contributed by atoms with van der Waals surface area (Å²) in [6.07, 6.45) is 0.647. The molecular weight excluding hydrogens is 248 g/mol. The first-order chi connectivity index (χ1) is 8.95. The van der Waals surface area contributed by atoms with Crippen LogP contribution in [0.5, 0.6) is 0 Å². The standard InChI is InChI=1S/C12H18N4O3/c1-5-10-13-9(14-19-10)6-16-8(3)11(17)15(4)7(2)12(16)18/h7-8H,5-6H2,1-4H3/t7-,8-/m0/s1. The third-order valence-electron chi connectivity index (χ3n) is 3.52. The minimum Gasteiger partial charge on any atom is -0.339 e. The molecule has 1 saturated heterocycles. The minimum atomic E-state index is -0.503. The number of aromatic nitrogens is 2. The summed E-state index contributed by atoms with van der Waals surface area (Å²) in [5.74, 6) is 0.786. The van der Waals surface area contributed by atoms with Crippen LogP contribution >= 0.6 is 0 Å². The van der Waals surface area contributed by atoms with Gasteiger partial charge in [-0.2, -0.15) is 4.98 Å². The van der Waals surface area contributed by atoms with Gasteiger partial charge in [0.25, 0.3) is 0 Å². The molecule has 0 aromatic carbocycles. The van der Waals surface area contributed by atoms with Gasteiger partial charge in [0.05, 0.1) is 6.54 Å². The molecule has 0 saturated carbocycles. The predicted octanol–water partition coefficient (Wildman–Crippen LogP) is 0.210. The Balaban J connectivity index is 2.18. The van der Waals surface area contributed by atoms with Gasteiger partial charge in [0.1, 0.15) is 12.1 Å². The average Bonchev–Trinajstić information content (AvgIpc) is 2.87. The fourth-order valence-electron chi connectivity index (χ4n) is 2.08. The van der Waals surface area contributed by atoms with E-state index in [-0.39, 0.29) is 18.4 Å². The van der Waals surface area contributed by atoms with Crippen LogP contribution in [0.1, 0.15) is 32.5 Å². The highest BCUT2D eigenvalue weighted by molar-refractivity contribution is 5.96. The highest BCUT2D eigenvalue weighted by atomic mass is 16.5. The molecule has 7 nitrogen and oxygen atoms in total. The second kappa shape index (κ2) is 4.99. The fraction of sp³-hybridized carbons (Fsp3) is 0.667. The molecule has 0 radical (unpaired) electrons. The molecule has 2 heterocycles. The van der Waals surface area contributed by atoms with E-state index < -0.39 is 12.1 Å². The third kappa shape index (κ3) is 2.32. The van der Waals surface area contributed by atoms with Gasteiger partial charge in [0.2, 0.25) is 17.7 Å². The molecule has 0 bridgehead atoms. The van der Waals surface area contributed by atoms with Crippen molar-refractivity contribution in [2.24, 2.45) is 0 Å². The summed E-state index contributed by atoms with van der Waals surface area (Å²) in [5, 5.41) is 3.81. The van der Waals surface area contributed by atoms with Gasteiger partial charge in [-0.25, -0.2) is 0 Å². The van der Waals surface area contributed by atoms with Crippen LogP contribution in [0.25, 0.3) is 0 Å². The van der Waals surface area contributed by atoms with Gasteiger partial charge in [-0.3, -0.25) is 9.59 Å². The molecule has 1 aliphatic heterocycles. The lowest BCUT2D eigenvalue weighted by atomic mass is 10.1. The maximum atomic E-state index is 12.2. The van der Waals surface area contributed by atoms with E-state index >= 15 is 0 Å². The van der Waals surface area contributed by atoms with Gasteiger partial charge in [-0.05, 0) is 13.8 Å². The zero-order valence-electron chi connectivity index (χ0n) is 11.6. The molecule has 0 N–H and O–H groups in total. The number of carbonyl (C=O) groups is 2. The van der Waals surface area contributed by atoms with Gasteiger partial charge in [-0.1, -0.05) is 12.1 Å². The van der Waals surface area contributed by atoms with Crippen molar-refractivity contribution in [1.29, 1.82) is 0 Å². The molecule has 0 unspecified atom stereocenters. The molecule has 1 aromatic heterocycles. The molecule has 2 amide bonds. The molecule has 1 fully saturated rings. The second-order valence-electron chi connectivity index (χ2n) is 4.73. The molecule has 19 heavy (non-hydrogen) atoms. The predicted molar refractivity (Wildman–Crippen MR) is 65.9 cm³/mol. The largest absolute Gasteiger partial charge is 0.339 e. The van der Waals surface area contributed by atoms with Gasteiger partial charge < -0.3 is 14.3 Å². The fourth-order valence-corrected chi connectivity index (χ4v) is 2.08. The average molecular weight is 266 g/mol. The lowest BCUT2D eigenvalue weighted by Gasteiger charge is -2.40. The van der Waals surface area contributed by atoms with Crippen molar-refractivity contribution in [3.63, 3.8) is 0 Å². The molecular formula is C12H18N4O3. The van der Waals surface area contributed by atoms with E-state index in [1.54, 1.807) is 20.9 Å². The van der Waals surface area contributed by atoms with E-state index in [2.05, 4.69) is 10.1 Å². The summed E-state index contributed by atoms with van der Waals surface area (Å²) in [4.78, 5) is 31.4. The number of amides is 2. The van der Waals surface area contributed by atoms with Gasteiger partial charge in [-0.15, -0.1) is 0 Å². The Bertz CT molecular complexity index is 499. The number of likely N-dealkylation sites (N-methyl/N-ethyl adjacent to an activating group) is 1. The third-order valence-corrected chi connectivity index (χ3v) is 3.52. The molecule has 0 spiro atoms. The van der Waals surface area contributed by atoms with E-state index in [0.29, 0.717) is 18.1 Å². The number of aryl methyl sites for hydroxylation is 1. The Labute approximate surface area is 111 Å². The SMILES string of the molecule is CCc1nc(CN2C(=O)[C@H](C)N(C)C(=O)[C@@H]2C)no1. The number of piperazine rings is 1. The lowest BCUT2D eigenvalue weighted by Crippen LogP contribution is -2.61. The lowest BCUT2D eigenvalue weighted by molar-refractivity contribution is -0.159. The minimum absolute atomic E-state index is 0.0775. The normalized spacial score (nSPS) is 24.2. The molecule has 0 aliphatic carbocycles. The van der Waals surface area contributed by atoms with Crippen LogP contribution < -0.4 is 0 Å². The first kappa shape index (κ1) is 13.5. The zero-order chi connectivity index (χ0) is 14.2. The topological polar surface area (TPSA) is 79.5 Å². The first-order valence-corrected chi connectivity index (χ1v) is 6.34. The van der Waals surface area contributed by atoms with Crippen LogP contribution in [0.3, 0.4) is 0 Å². The van der Waals surface area contributed by atoms with Crippen LogP contribution in [0.15, 0.2) is 4.52 Å². The Morgan fingerprint density at radius 2 is 1.89 bits per heavy atom. The highest BCUT2D eigenvalue weighted by Gasteiger charge is 2.40. The summed E-state index contributed by atoms with van der Waals surface area (Å²) in [6, 6.07) is -0.960. The molecule has 2 atom stereocenters. The van der Waals surface area contributed by atoms with Crippen molar-refractivity contribution in [2.45, 2.75) is 45.8 Å². The van der Waals surface area contributed by atoms with Crippen molar-refractivity contribution in [3.05, 3.63) is 11.7 Å². The number of hydrogen-bond acceptors (Lipinski definition) is 5. The van der Waals surface area contributed by atoms with Crippen LogP contribution in [0.2, 0.25) is 0 Å². The highest BCUT2D eigenvalue weighted by Crippen LogP contribution is 2.18. The van der Waals surface area contributed by atoms with Gasteiger partial charge in [0, 0.05) is 13.5 Å². The van der Waals surface area contributed by atoms with Crippen LogP contribution in [-0.2, 0) is 22.6 Å². The summed E-state index contributed by atoms with van der Waals surface area (Å²) in [6.45, 7) is 5.54. The van der Waals surface area contributed by atoms with E-state index in [9.17, 15) is 9.59 Å². The van der Waals surface area contributed by atoms with Crippen molar-refractivity contribution in [3.8, 4) is 0 Å². The zero-order valence-corrected chi connectivity index (χ0v) is 11.6. The smallest absolute Gasteiger partial charge is 0.246 e. The molecule has 7 heteroatoms. The summed E-state index contributed by atoms with van der Waals surface area (Å²) < 4.78 is 5.01. The maximum Gasteiger partial charge on any atom is 0.246 e. The van der Waals surface area contributed by atoms with E-state index in [1.165, 1.54) is 9.80 Å². The number of rotatable bonds is 3. The van der Waals surface area contributed by atoms with Crippen molar-refractivity contribution in [1.82, 2.24) is 19.9 Å². The van der Waals surface area contributed by atoms with E-state index in [4.69, 9.17) is 4.52 Å². The van der Waals surface area contributed by atoms with Crippen LogP contribution in [0.4, 0.5) is 0 Å². The summed E-state index contributed by atoms with van der Waals surface area (Å²) >= 11 is 0.